The molecule has 3 rings (SSSR count). The molecule has 0 bridgehead atoms. The number of hydrogen-bond acceptors (Lipinski definition) is 5. The maximum atomic E-state index is 14.3. The Morgan fingerprint density at radius 3 is 2.56 bits per heavy atom. The topological polar surface area (TPSA) is 119 Å². The van der Waals surface area contributed by atoms with Crippen molar-refractivity contribution < 1.29 is 27.5 Å². The lowest BCUT2D eigenvalue weighted by Gasteiger charge is -2.30. The molecule has 1 saturated carbocycles. The van der Waals surface area contributed by atoms with Crippen molar-refractivity contribution in [3.8, 4) is 5.88 Å². The van der Waals surface area contributed by atoms with Crippen molar-refractivity contribution in [2.75, 3.05) is 11.9 Å². The monoisotopic (exact) mass is 451 g/mol. The molecular formula is C21H24F3N5O3. The molecule has 0 radical (unpaired) electrons. The first-order valence-electron chi connectivity index (χ1n) is 10.1. The molecule has 1 fully saturated rings. The Labute approximate surface area is 182 Å². The Kier molecular flexibility index (Phi) is 7.16. The van der Waals surface area contributed by atoms with Gasteiger partial charge in [0.05, 0.1) is 19.0 Å². The highest BCUT2D eigenvalue weighted by atomic mass is 19.3. The largest absolute Gasteiger partial charge is 0.476 e. The molecule has 4 N–H and O–H groups in total. The predicted octanol–water partition coefficient (Wildman–Crippen LogP) is 3.59. The molecule has 1 aliphatic rings. The number of ether oxygens (including phenoxy) is 1. The third-order valence-corrected chi connectivity index (χ3v) is 5.41. The van der Waals surface area contributed by atoms with Gasteiger partial charge < -0.3 is 21.1 Å². The van der Waals surface area contributed by atoms with E-state index in [1.165, 1.54) is 31.3 Å². The molecule has 1 aromatic carbocycles. The van der Waals surface area contributed by atoms with Gasteiger partial charge in [-0.2, -0.15) is 0 Å². The lowest BCUT2D eigenvalue weighted by molar-refractivity contribution is 0.0433. The Bertz CT molecular complexity index is 968. The zero-order valence-electron chi connectivity index (χ0n) is 17.4. The van der Waals surface area contributed by atoms with E-state index in [0.717, 1.165) is 31.9 Å². The number of benzene rings is 1. The summed E-state index contributed by atoms with van der Waals surface area (Å²) in [5.74, 6) is -0.889. The summed E-state index contributed by atoms with van der Waals surface area (Å²) >= 11 is 0. The van der Waals surface area contributed by atoms with Gasteiger partial charge in [0, 0.05) is 11.3 Å². The summed E-state index contributed by atoms with van der Waals surface area (Å²) in [7, 11) is 0. The first-order valence-corrected chi connectivity index (χ1v) is 10.1. The molecular weight excluding hydrogens is 427 g/mol. The summed E-state index contributed by atoms with van der Waals surface area (Å²) in [6, 6.07) is 1.85. The van der Waals surface area contributed by atoms with Crippen LogP contribution >= 0.6 is 0 Å². The van der Waals surface area contributed by atoms with Crippen LogP contribution in [-0.2, 0) is 5.54 Å². The lowest BCUT2D eigenvalue weighted by atomic mass is 9.91. The summed E-state index contributed by atoms with van der Waals surface area (Å²) in [4.78, 5) is 31.7. The van der Waals surface area contributed by atoms with E-state index in [1.54, 1.807) is 0 Å². The van der Waals surface area contributed by atoms with E-state index in [9.17, 15) is 22.8 Å². The summed E-state index contributed by atoms with van der Waals surface area (Å²) in [5.41, 5.74) is 2.01. The lowest BCUT2D eigenvalue weighted by Crippen LogP contribution is -2.51. The summed E-state index contributed by atoms with van der Waals surface area (Å²) in [5, 5.41) is 4.31. The van der Waals surface area contributed by atoms with Crippen LogP contribution in [-0.4, -0.2) is 34.9 Å². The maximum Gasteiger partial charge on any atom is 0.313 e. The molecule has 172 valence electrons. The van der Waals surface area contributed by atoms with E-state index in [4.69, 9.17) is 10.5 Å². The first kappa shape index (κ1) is 23.3. The van der Waals surface area contributed by atoms with Gasteiger partial charge in [0.2, 0.25) is 5.88 Å². The number of halogens is 3. The van der Waals surface area contributed by atoms with E-state index in [0.29, 0.717) is 18.4 Å². The Morgan fingerprint density at radius 2 is 1.97 bits per heavy atom. The van der Waals surface area contributed by atoms with Gasteiger partial charge >= 0.3 is 6.03 Å². The zero-order chi connectivity index (χ0) is 23.3. The summed E-state index contributed by atoms with van der Waals surface area (Å²) in [6.07, 6.45) is 4.00. The van der Waals surface area contributed by atoms with Crippen LogP contribution in [0.15, 0.2) is 30.6 Å². The quantitative estimate of drug-likeness (QED) is 0.567. The van der Waals surface area contributed by atoms with Crippen molar-refractivity contribution in [3.63, 3.8) is 0 Å². The van der Waals surface area contributed by atoms with Gasteiger partial charge in [-0.3, -0.25) is 4.79 Å². The van der Waals surface area contributed by atoms with Crippen LogP contribution in [0, 0.1) is 11.7 Å². The molecule has 8 nitrogen and oxygen atoms in total. The number of aromatic nitrogens is 2. The van der Waals surface area contributed by atoms with Gasteiger partial charge in [-0.15, -0.1) is 0 Å². The van der Waals surface area contributed by atoms with E-state index in [1.807, 2.05) is 5.32 Å². The van der Waals surface area contributed by atoms with Crippen LogP contribution in [0.5, 0.6) is 5.88 Å². The highest BCUT2D eigenvalue weighted by Crippen LogP contribution is 2.32. The molecule has 0 aliphatic heterocycles. The van der Waals surface area contributed by atoms with Gasteiger partial charge in [0.15, 0.2) is 0 Å². The van der Waals surface area contributed by atoms with Crippen LogP contribution in [0.3, 0.4) is 0 Å². The van der Waals surface area contributed by atoms with E-state index in [-0.39, 0.29) is 11.4 Å². The second-order valence-electron chi connectivity index (χ2n) is 7.84. The number of hydrogen-bond donors (Lipinski definition) is 3. The third kappa shape index (κ3) is 5.45. The molecule has 2 aromatic rings. The number of carbonyl (C=O) groups is 2. The molecule has 32 heavy (non-hydrogen) atoms. The zero-order valence-corrected chi connectivity index (χ0v) is 17.4. The second kappa shape index (κ2) is 9.84. The molecule has 0 spiro atoms. The van der Waals surface area contributed by atoms with Crippen molar-refractivity contribution in [1.82, 2.24) is 15.3 Å². The average molecular weight is 451 g/mol. The number of primary amides is 1. The van der Waals surface area contributed by atoms with Crippen molar-refractivity contribution in [2.45, 2.75) is 44.6 Å². The standard InChI is InChI=1S/C21H24F3N5O3/c1-21(19(23)24,29-20(25)31)14-8-13(6-7-15(14)22)28-18(30)16-9-27-17(10-26-16)32-11-12-4-2-3-5-12/h6-10,12,19H,2-5,11H2,1H3,(H,28,30)(H3,25,29,31). The van der Waals surface area contributed by atoms with Crippen molar-refractivity contribution in [3.05, 3.63) is 47.7 Å². The Hall–Kier alpha value is -3.37. The molecule has 11 heteroatoms. The normalized spacial score (nSPS) is 15.9. The number of rotatable bonds is 8. The number of nitrogens with zero attached hydrogens (tertiary/aromatic N) is 2. The number of urea groups is 1. The number of carbonyl (C=O) groups excluding carboxylic acids is 2. The third-order valence-electron chi connectivity index (χ3n) is 5.41. The van der Waals surface area contributed by atoms with Crippen LogP contribution < -0.4 is 21.1 Å². The number of nitrogens with one attached hydrogen (secondary N) is 2. The summed E-state index contributed by atoms with van der Waals surface area (Å²) < 4.78 is 47.1. The minimum atomic E-state index is -3.17. The molecule has 3 amide bonds. The predicted molar refractivity (Wildman–Crippen MR) is 110 cm³/mol. The van der Waals surface area contributed by atoms with Crippen LogP contribution in [0.25, 0.3) is 0 Å². The number of alkyl halides is 2. The smallest absolute Gasteiger partial charge is 0.313 e. The maximum absolute atomic E-state index is 14.3. The molecule has 1 atom stereocenters. The minimum Gasteiger partial charge on any atom is -0.476 e. The molecule has 1 aliphatic carbocycles. The fourth-order valence-corrected chi connectivity index (χ4v) is 3.58. The van der Waals surface area contributed by atoms with Gasteiger partial charge in [-0.1, -0.05) is 12.8 Å². The van der Waals surface area contributed by atoms with E-state index >= 15 is 0 Å². The van der Waals surface area contributed by atoms with Crippen molar-refractivity contribution in [1.29, 1.82) is 0 Å². The number of amides is 3. The fourth-order valence-electron chi connectivity index (χ4n) is 3.58. The first-order chi connectivity index (χ1) is 15.2. The average Bonchev–Trinajstić information content (AvgIpc) is 3.27. The number of nitrogens with two attached hydrogens (primary N) is 1. The number of anilines is 1. The van der Waals surface area contributed by atoms with Gasteiger partial charge in [0.1, 0.15) is 17.1 Å². The highest BCUT2D eigenvalue weighted by Gasteiger charge is 2.40. The molecule has 1 unspecified atom stereocenters. The minimum absolute atomic E-state index is 0.0212. The van der Waals surface area contributed by atoms with E-state index in [2.05, 4.69) is 15.3 Å². The van der Waals surface area contributed by atoms with Gasteiger partial charge in [-0.25, -0.2) is 27.9 Å². The molecule has 0 saturated heterocycles. The van der Waals surface area contributed by atoms with Crippen LogP contribution in [0.2, 0.25) is 0 Å². The van der Waals surface area contributed by atoms with Crippen LogP contribution in [0.4, 0.5) is 23.7 Å². The second-order valence-corrected chi connectivity index (χ2v) is 7.84. The molecule has 1 aromatic heterocycles. The SMILES string of the molecule is CC(NC(N)=O)(c1cc(NC(=O)c2cnc(OCC3CCCC3)cn2)ccc1F)C(F)F. The highest BCUT2D eigenvalue weighted by molar-refractivity contribution is 6.02. The Balaban J connectivity index is 1.70. The van der Waals surface area contributed by atoms with Gasteiger partial charge in [0.25, 0.3) is 12.3 Å². The van der Waals surface area contributed by atoms with Crippen molar-refractivity contribution in [2.24, 2.45) is 11.7 Å². The van der Waals surface area contributed by atoms with Crippen molar-refractivity contribution >= 4 is 17.6 Å². The summed E-state index contributed by atoms with van der Waals surface area (Å²) in [6.45, 7) is 1.48. The Morgan fingerprint density at radius 1 is 1.25 bits per heavy atom. The van der Waals surface area contributed by atoms with Gasteiger partial charge in [-0.05, 0) is 43.9 Å². The van der Waals surface area contributed by atoms with E-state index < -0.39 is 35.3 Å². The molecule has 1 heterocycles. The van der Waals surface area contributed by atoms with Crippen LogP contribution in [0.1, 0.15) is 48.7 Å². The fraction of sp³-hybridized carbons (Fsp3) is 0.429.